The van der Waals surface area contributed by atoms with Gasteiger partial charge in [0.25, 0.3) is 0 Å². The molecule has 1 aromatic rings. The van der Waals surface area contributed by atoms with Gasteiger partial charge in [-0.2, -0.15) is 0 Å². The van der Waals surface area contributed by atoms with Crippen LogP contribution in [0.4, 0.5) is 5.69 Å². The normalized spacial score (nSPS) is 11.0. The van der Waals surface area contributed by atoms with E-state index in [0.717, 1.165) is 24.5 Å². The molecular weight excluding hydrogens is 204 g/mol. The summed E-state index contributed by atoms with van der Waals surface area (Å²) in [6, 6.07) is 7.39. The third-order valence-electron chi connectivity index (χ3n) is 2.07. The Labute approximate surface area is 95.9 Å². The number of nitrogens with zero attached hydrogens (tertiary/aromatic N) is 1. The highest BCUT2D eigenvalue weighted by molar-refractivity contribution is 5.59. The Morgan fingerprint density at radius 1 is 1.38 bits per heavy atom. The third kappa shape index (κ3) is 4.79. The van der Waals surface area contributed by atoms with E-state index in [1.165, 1.54) is 6.34 Å². The zero-order chi connectivity index (χ0) is 11.8. The first-order valence-electron chi connectivity index (χ1n) is 5.37. The SMILES string of the molecule is CC(C)CCOc1ccc(N=CNO)cc1. The Morgan fingerprint density at radius 3 is 2.62 bits per heavy atom. The Bertz CT molecular complexity index is 320. The Hall–Kier alpha value is -1.55. The molecule has 0 fully saturated rings. The second kappa shape index (κ2) is 6.85. The van der Waals surface area contributed by atoms with Gasteiger partial charge in [0, 0.05) is 0 Å². The lowest BCUT2D eigenvalue weighted by molar-refractivity contribution is 0.240. The molecule has 88 valence electrons. The van der Waals surface area contributed by atoms with Gasteiger partial charge in [0.2, 0.25) is 0 Å². The molecule has 4 nitrogen and oxygen atoms in total. The first-order chi connectivity index (χ1) is 7.72. The predicted octanol–water partition coefficient (Wildman–Crippen LogP) is 2.75. The van der Waals surface area contributed by atoms with E-state index >= 15 is 0 Å². The van der Waals surface area contributed by atoms with Crippen LogP contribution in [0.2, 0.25) is 0 Å². The maximum Gasteiger partial charge on any atom is 0.119 e. The number of ether oxygens (including phenoxy) is 1. The van der Waals surface area contributed by atoms with Crippen molar-refractivity contribution < 1.29 is 9.94 Å². The summed E-state index contributed by atoms with van der Waals surface area (Å²) in [6.45, 7) is 5.07. The molecule has 0 amide bonds. The summed E-state index contributed by atoms with van der Waals surface area (Å²) >= 11 is 0. The van der Waals surface area contributed by atoms with Crippen LogP contribution < -0.4 is 10.2 Å². The highest BCUT2D eigenvalue weighted by atomic mass is 16.5. The van der Waals surface area contributed by atoms with Gasteiger partial charge in [-0.3, -0.25) is 10.7 Å². The first-order valence-corrected chi connectivity index (χ1v) is 5.37. The average molecular weight is 222 g/mol. The molecule has 0 bridgehead atoms. The number of benzene rings is 1. The van der Waals surface area contributed by atoms with Gasteiger partial charge in [-0.05, 0) is 36.6 Å². The fraction of sp³-hybridized carbons (Fsp3) is 0.417. The van der Waals surface area contributed by atoms with Gasteiger partial charge < -0.3 is 4.74 Å². The van der Waals surface area contributed by atoms with Crippen molar-refractivity contribution in [1.82, 2.24) is 5.48 Å². The van der Waals surface area contributed by atoms with Crippen LogP contribution in [-0.2, 0) is 0 Å². The fourth-order valence-corrected chi connectivity index (χ4v) is 1.14. The summed E-state index contributed by atoms with van der Waals surface area (Å²) in [6.07, 6.45) is 2.27. The summed E-state index contributed by atoms with van der Waals surface area (Å²) in [5.74, 6) is 1.50. The van der Waals surface area contributed by atoms with Gasteiger partial charge in [0.15, 0.2) is 0 Å². The lowest BCUT2D eigenvalue weighted by atomic mass is 10.1. The maximum absolute atomic E-state index is 8.33. The van der Waals surface area contributed by atoms with E-state index in [0.29, 0.717) is 5.92 Å². The lowest BCUT2D eigenvalue weighted by Crippen LogP contribution is -2.01. The summed E-state index contributed by atoms with van der Waals surface area (Å²) in [7, 11) is 0. The molecule has 0 aliphatic carbocycles. The number of nitrogens with one attached hydrogen (secondary N) is 1. The van der Waals surface area contributed by atoms with Crippen molar-refractivity contribution in [1.29, 1.82) is 0 Å². The molecule has 1 aromatic carbocycles. The predicted molar refractivity (Wildman–Crippen MR) is 64.5 cm³/mol. The van der Waals surface area contributed by atoms with Crippen LogP contribution in [0.3, 0.4) is 0 Å². The number of hydroxylamine groups is 1. The van der Waals surface area contributed by atoms with Gasteiger partial charge >= 0.3 is 0 Å². The fourth-order valence-electron chi connectivity index (χ4n) is 1.14. The molecule has 0 atom stereocenters. The van der Waals surface area contributed by atoms with Crippen molar-refractivity contribution in [2.75, 3.05) is 6.61 Å². The Kier molecular flexibility index (Phi) is 5.36. The maximum atomic E-state index is 8.33. The zero-order valence-corrected chi connectivity index (χ0v) is 9.68. The first kappa shape index (κ1) is 12.5. The quantitative estimate of drug-likeness (QED) is 0.442. The molecule has 0 unspecified atom stereocenters. The molecule has 0 aliphatic heterocycles. The van der Waals surface area contributed by atoms with Crippen molar-refractivity contribution in [3.05, 3.63) is 24.3 Å². The summed E-state index contributed by atoms with van der Waals surface area (Å²) in [4.78, 5) is 3.93. The summed E-state index contributed by atoms with van der Waals surface area (Å²) in [5.41, 5.74) is 2.62. The molecule has 16 heavy (non-hydrogen) atoms. The largest absolute Gasteiger partial charge is 0.494 e. The molecule has 2 N–H and O–H groups in total. The van der Waals surface area contributed by atoms with Gasteiger partial charge in [-0.1, -0.05) is 13.8 Å². The van der Waals surface area contributed by atoms with Crippen molar-refractivity contribution in [2.24, 2.45) is 10.9 Å². The molecule has 0 aliphatic rings. The lowest BCUT2D eigenvalue weighted by Gasteiger charge is -2.07. The molecule has 4 heteroatoms. The minimum Gasteiger partial charge on any atom is -0.494 e. The molecule has 1 rings (SSSR count). The minimum atomic E-state index is 0.652. The molecule has 0 radical (unpaired) electrons. The van der Waals surface area contributed by atoms with Crippen LogP contribution in [-0.4, -0.2) is 18.2 Å². The minimum absolute atomic E-state index is 0.652. The van der Waals surface area contributed by atoms with Crippen molar-refractivity contribution in [2.45, 2.75) is 20.3 Å². The second-order valence-electron chi connectivity index (χ2n) is 3.91. The third-order valence-corrected chi connectivity index (χ3v) is 2.07. The number of hydrogen-bond donors (Lipinski definition) is 2. The van der Waals surface area contributed by atoms with E-state index in [2.05, 4.69) is 18.8 Å². The van der Waals surface area contributed by atoms with Crippen molar-refractivity contribution >= 4 is 12.0 Å². The highest BCUT2D eigenvalue weighted by Crippen LogP contribution is 2.18. The van der Waals surface area contributed by atoms with Crippen LogP contribution in [0, 0.1) is 5.92 Å². The summed E-state index contributed by atoms with van der Waals surface area (Å²) in [5, 5.41) is 8.33. The standard InChI is InChI=1S/C12H18N2O2/c1-10(2)7-8-16-12-5-3-11(4-6-12)13-9-14-15/h3-6,9-10,15H,7-8H2,1-2H3,(H,13,14). The molecule has 0 spiro atoms. The van der Waals surface area contributed by atoms with E-state index in [-0.39, 0.29) is 0 Å². The second-order valence-corrected chi connectivity index (χ2v) is 3.91. The smallest absolute Gasteiger partial charge is 0.119 e. The molecule has 0 aromatic heterocycles. The topological polar surface area (TPSA) is 53.8 Å². The number of hydrogen-bond acceptors (Lipinski definition) is 3. The monoisotopic (exact) mass is 222 g/mol. The molecule has 0 heterocycles. The molecule has 0 saturated heterocycles. The van der Waals surface area contributed by atoms with E-state index in [1.54, 1.807) is 0 Å². The van der Waals surface area contributed by atoms with E-state index < -0.39 is 0 Å². The van der Waals surface area contributed by atoms with E-state index in [4.69, 9.17) is 9.94 Å². The Balaban J connectivity index is 2.42. The molecular formula is C12H18N2O2. The zero-order valence-electron chi connectivity index (χ0n) is 9.68. The van der Waals surface area contributed by atoms with Gasteiger partial charge in [0.05, 0.1) is 12.3 Å². The highest BCUT2D eigenvalue weighted by Gasteiger charge is 1.96. The van der Waals surface area contributed by atoms with Crippen LogP contribution in [0.5, 0.6) is 5.75 Å². The van der Waals surface area contributed by atoms with Crippen LogP contribution >= 0.6 is 0 Å². The molecule has 0 saturated carbocycles. The summed E-state index contributed by atoms with van der Waals surface area (Å²) < 4.78 is 5.56. The van der Waals surface area contributed by atoms with Crippen molar-refractivity contribution in [3.63, 3.8) is 0 Å². The van der Waals surface area contributed by atoms with Gasteiger partial charge in [-0.15, -0.1) is 0 Å². The van der Waals surface area contributed by atoms with Crippen LogP contribution in [0.25, 0.3) is 0 Å². The Morgan fingerprint density at radius 2 is 2.06 bits per heavy atom. The van der Waals surface area contributed by atoms with Crippen molar-refractivity contribution in [3.8, 4) is 5.75 Å². The van der Waals surface area contributed by atoms with Crippen LogP contribution in [0.15, 0.2) is 29.3 Å². The van der Waals surface area contributed by atoms with Gasteiger partial charge in [-0.25, -0.2) is 4.99 Å². The van der Waals surface area contributed by atoms with Crippen LogP contribution in [0.1, 0.15) is 20.3 Å². The van der Waals surface area contributed by atoms with E-state index in [1.807, 2.05) is 29.7 Å². The average Bonchev–Trinajstić information content (AvgIpc) is 2.27. The van der Waals surface area contributed by atoms with Gasteiger partial charge in [0.1, 0.15) is 12.1 Å². The number of rotatable bonds is 6. The number of aliphatic imine (C=N–C) groups is 1. The van der Waals surface area contributed by atoms with E-state index in [9.17, 15) is 0 Å².